The molecule has 6 nitrogen and oxygen atoms in total. The Morgan fingerprint density at radius 2 is 1.78 bits per heavy atom. The van der Waals surface area contributed by atoms with Crippen LogP contribution < -0.4 is 5.32 Å². The summed E-state index contributed by atoms with van der Waals surface area (Å²) < 4.78 is 45.5. The summed E-state index contributed by atoms with van der Waals surface area (Å²) in [7, 11) is 0. The van der Waals surface area contributed by atoms with Gasteiger partial charge in [0.15, 0.2) is 11.6 Å². The lowest BCUT2D eigenvalue weighted by Gasteiger charge is -2.30. The van der Waals surface area contributed by atoms with E-state index >= 15 is 0 Å². The first kappa shape index (κ1) is 22.8. The average molecular weight is 389 g/mol. The summed E-state index contributed by atoms with van der Waals surface area (Å²) in [6, 6.07) is -0.00600. The van der Waals surface area contributed by atoms with E-state index in [1.807, 2.05) is 0 Å². The molecule has 1 rings (SSSR count). The number of benzene rings is 1. The number of amides is 2. The van der Waals surface area contributed by atoms with E-state index < -0.39 is 47.5 Å². The van der Waals surface area contributed by atoms with Gasteiger partial charge < -0.3 is 20.3 Å². The van der Waals surface area contributed by atoms with Crippen LogP contribution in [0.3, 0.4) is 0 Å². The van der Waals surface area contributed by atoms with Crippen LogP contribution in [0.1, 0.15) is 46.1 Å². The first-order valence-electron chi connectivity index (χ1n) is 8.53. The molecule has 0 aromatic heterocycles. The molecular weight excluding hydrogens is 365 g/mol. The maximum absolute atomic E-state index is 13.9. The number of nitrogens with zero attached hydrogens (tertiary/aromatic N) is 1. The fourth-order valence-electron chi connectivity index (χ4n) is 2.27. The average Bonchev–Trinajstić information content (AvgIpc) is 2.50. The molecule has 2 amide bonds. The van der Waals surface area contributed by atoms with Crippen LogP contribution in [0.25, 0.3) is 0 Å². The monoisotopic (exact) mass is 389 g/mol. The molecule has 0 radical (unpaired) electrons. The molecule has 0 aliphatic heterocycles. The summed E-state index contributed by atoms with van der Waals surface area (Å²) in [4.78, 5) is 24.0. The molecule has 27 heavy (non-hydrogen) atoms. The SMILES string of the molecule is CCCN([O-])C(=O)C[C@@H](Cc1cc(F)c(F)cc1F)NC(=O)OC(C)(C)C. The van der Waals surface area contributed by atoms with Gasteiger partial charge in [0.2, 0.25) is 5.91 Å². The Balaban J connectivity index is 2.98. The van der Waals surface area contributed by atoms with Crippen LogP contribution in [0.2, 0.25) is 0 Å². The summed E-state index contributed by atoms with van der Waals surface area (Å²) in [5.41, 5.74) is -1.06. The summed E-state index contributed by atoms with van der Waals surface area (Å²) in [6.07, 6.45) is -1.21. The third-order valence-electron chi connectivity index (χ3n) is 3.40. The van der Waals surface area contributed by atoms with E-state index in [-0.39, 0.29) is 23.6 Å². The highest BCUT2D eigenvalue weighted by Crippen LogP contribution is 2.17. The Morgan fingerprint density at radius 3 is 2.33 bits per heavy atom. The van der Waals surface area contributed by atoms with Crippen molar-refractivity contribution >= 4 is 12.0 Å². The van der Waals surface area contributed by atoms with Crippen molar-refractivity contribution in [2.75, 3.05) is 6.54 Å². The van der Waals surface area contributed by atoms with Crippen LogP contribution in [0.5, 0.6) is 0 Å². The molecule has 9 heteroatoms. The smallest absolute Gasteiger partial charge is 0.407 e. The van der Waals surface area contributed by atoms with Crippen LogP contribution in [-0.2, 0) is 16.0 Å². The molecule has 0 saturated heterocycles. The summed E-state index contributed by atoms with van der Waals surface area (Å²) in [6.45, 7) is 6.57. The number of nitrogens with one attached hydrogen (secondary N) is 1. The molecule has 0 aliphatic carbocycles. The Hall–Kier alpha value is -2.29. The van der Waals surface area contributed by atoms with E-state index in [4.69, 9.17) is 4.74 Å². The van der Waals surface area contributed by atoms with Crippen LogP contribution in [-0.4, -0.2) is 35.3 Å². The highest BCUT2D eigenvalue weighted by molar-refractivity contribution is 5.78. The summed E-state index contributed by atoms with van der Waals surface area (Å²) >= 11 is 0. The Bertz CT molecular complexity index is 677. The zero-order chi connectivity index (χ0) is 20.8. The van der Waals surface area contributed by atoms with Gasteiger partial charge in [0.1, 0.15) is 11.4 Å². The molecule has 0 aliphatic rings. The molecule has 0 saturated carbocycles. The second-order valence-corrected chi connectivity index (χ2v) is 7.10. The van der Waals surface area contributed by atoms with Gasteiger partial charge in [-0.15, -0.1) is 0 Å². The predicted octanol–water partition coefficient (Wildman–Crippen LogP) is 3.67. The lowest BCUT2D eigenvalue weighted by molar-refractivity contribution is -0.129. The minimum Gasteiger partial charge on any atom is -0.756 e. The normalized spacial score (nSPS) is 12.4. The fraction of sp³-hybridized carbons (Fsp3) is 0.556. The number of alkyl carbamates (subject to hydrolysis) is 1. The van der Waals surface area contributed by atoms with E-state index in [1.165, 1.54) is 0 Å². The number of carbonyl (C=O) groups is 2. The van der Waals surface area contributed by atoms with Gasteiger partial charge in [0.25, 0.3) is 0 Å². The van der Waals surface area contributed by atoms with E-state index in [2.05, 4.69) is 5.32 Å². The van der Waals surface area contributed by atoms with Crippen molar-refractivity contribution < 1.29 is 27.5 Å². The van der Waals surface area contributed by atoms with Gasteiger partial charge in [-0.05, 0) is 45.2 Å². The minimum absolute atomic E-state index is 0.0302. The Kier molecular flexibility index (Phi) is 8.08. The van der Waals surface area contributed by atoms with Crippen molar-refractivity contribution in [1.29, 1.82) is 0 Å². The van der Waals surface area contributed by atoms with Gasteiger partial charge in [-0.3, -0.25) is 4.79 Å². The molecule has 152 valence electrons. The van der Waals surface area contributed by atoms with Crippen molar-refractivity contribution in [1.82, 2.24) is 10.4 Å². The second-order valence-electron chi connectivity index (χ2n) is 7.10. The van der Waals surface area contributed by atoms with Gasteiger partial charge in [-0.25, -0.2) is 18.0 Å². The van der Waals surface area contributed by atoms with Gasteiger partial charge in [0.05, 0.1) is 0 Å². The lowest BCUT2D eigenvalue weighted by Crippen LogP contribution is -2.43. The van der Waals surface area contributed by atoms with E-state index in [0.29, 0.717) is 18.6 Å². The molecular formula is C18H24F3N2O4-. The Morgan fingerprint density at radius 1 is 1.19 bits per heavy atom. The lowest BCUT2D eigenvalue weighted by atomic mass is 10.0. The molecule has 0 unspecified atom stereocenters. The molecule has 0 fully saturated rings. The molecule has 0 bridgehead atoms. The van der Waals surface area contributed by atoms with Crippen molar-refractivity contribution in [3.8, 4) is 0 Å². The third-order valence-corrected chi connectivity index (χ3v) is 3.40. The Labute approximate surface area is 156 Å². The molecule has 0 heterocycles. The fourth-order valence-corrected chi connectivity index (χ4v) is 2.27. The predicted molar refractivity (Wildman–Crippen MR) is 93.2 cm³/mol. The maximum Gasteiger partial charge on any atom is 0.407 e. The zero-order valence-electron chi connectivity index (χ0n) is 15.8. The van der Waals surface area contributed by atoms with E-state index in [1.54, 1.807) is 27.7 Å². The molecule has 1 atom stereocenters. The van der Waals surface area contributed by atoms with Crippen LogP contribution in [0.4, 0.5) is 18.0 Å². The number of hydroxylamine groups is 2. The molecule has 1 N–H and O–H groups in total. The first-order valence-corrected chi connectivity index (χ1v) is 8.53. The quantitative estimate of drug-likeness (QED) is 0.570. The van der Waals surface area contributed by atoms with Crippen LogP contribution in [0, 0.1) is 22.7 Å². The number of hydrogen-bond acceptors (Lipinski definition) is 4. The van der Waals surface area contributed by atoms with Crippen molar-refractivity contribution in [3.05, 3.63) is 40.4 Å². The number of ether oxygens (including phenoxy) is 1. The zero-order valence-corrected chi connectivity index (χ0v) is 15.8. The summed E-state index contributed by atoms with van der Waals surface area (Å²) in [5, 5.41) is 14.3. The molecule has 0 spiro atoms. The standard InChI is InChI=1S/C18H24F3N2O4/c1-5-6-23(26)16(24)9-12(22-17(25)27-18(2,3)4)7-11-8-14(20)15(21)10-13(11)19/h8,10,12H,5-7,9H2,1-4H3,(H,22,25)/q-1/t12-/m1/s1. The van der Waals surface area contributed by atoms with Crippen molar-refractivity contribution in [3.63, 3.8) is 0 Å². The molecule has 1 aromatic rings. The summed E-state index contributed by atoms with van der Waals surface area (Å²) in [5.74, 6) is -4.45. The van der Waals surface area contributed by atoms with Gasteiger partial charge >= 0.3 is 6.09 Å². The van der Waals surface area contributed by atoms with Gasteiger partial charge in [-0.2, -0.15) is 0 Å². The van der Waals surface area contributed by atoms with Crippen molar-refractivity contribution in [2.24, 2.45) is 0 Å². The number of rotatable bonds is 7. The third kappa shape index (κ3) is 7.86. The van der Waals surface area contributed by atoms with E-state index in [0.717, 1.165) is 0 Å². The largest absolute Gasteiger partial charge is 0.756 e. The van der Waals surface area contributed by atoms with Crippen molar-refractivity contribution in [2.45, 2.75) is 58.6 Å². The number of hydrogen-bond donors (Lipinski definition) is 1. The van der Waals surface area contributed by atoms with E-state index in [9.17, 15) is 28.0 Å². The number of halogens is 3. The maximum atomic E-state index is 13.9. The highest BCUT2D eigenvalue weighted by Gasteiger charge is 2.23. The number of carbonyl (C=O) groups excluding carboxylic acids is 2. The topological polar surface area (TPSA) is 81.7 Å². The molecule has 1 aromatic carbocycles. The van der Waals surface area contributed by atoms with Gasteiger partial charge in [0, 0.05) is 25.1 Å². The highest BCUT2D eigenvalue weighted by atomic mass is 19.2. The first-order chi connectivity index (χ1) is 12.4. The second kappa shape index (κ2) is 9.59. The van der Waals surface area contributed by atoms with Gasteiger partial charge in [-0.1, -0.05) is 6.92 Å². The van der Waals surface area contributed by atoms with Crippen LogP contribution >= 0.6 is 0 Å². The minimum atomic E-state index is -1.35. The van der Waals surface area contributed by atoms with Crippen LogP contribution in [0.15, 0.2) is 12.1 Å².